The molecular weight excluding hydrogens is 281 g/mol. The second-order valence-corrected chi connectivity index (χ2v) is 4.65. The van der Waals surface area contributed by atoms with Crippen molar-refractivity contribution in [3.05, 3.63) is 24.0 Å². The minimum Gasteiger partial charge on any atom is -0.481 e. The standard InChI is InChI=1S/C11H9F3N2O2S/c12-6-1-2-7-8(3-6)16(4-9(13)14)11(15-7)19-5-10(17)18/h1-3,9H,4-5H2,(H,17,18). The van der Waals surface area contributed by atoms with Gasteiger partial charge in [-0.2, -0.15) is 0 Å². The topological polar surface area (TPSA) is 55.1 Å². The van der Waals surface area contributed by atoms with Crippen LogP contribution in [0.2, 0.25) is 0 Å². The predicted molar refractivity (Wildman–Crippen MR) is 64.1 cm³/mol. The monoisotopic (exact) mass is 290 g/mol. The summed E-state index contributed by atoms with van der Waals surface area (Å²) in [5, 5.41) is 8.74. The fourth-order valence-electron chi connectivity index (χ4n) is 1.62. The Labute approximate surface area is 110 Å². The van der Waals surface area contributed by atoms with Crippen molar-refractivity contribution in [3.8, 4) is 0 Å². The summed E-state index contributed by atoms with van der Waals surface area (Å²) in [6, 6.07) is 3.65. The molecule has 102 valence electrons. The molecule has 0 aliphatic carbocycles. The molecule has 1 heterocycles. The van der Waals surface area contributed by atoms with Gasteiger partial charge in [0.25, 0.3) is 6.43 Å². The SMILES string of the molecule is O=C(O)CSc1nc2ccc(F)cc2n1CC(F)F. The molecule has 0 unspecified atom stereocenters. The normalized spacial score (nSPS) is 11.4. The summed E-state index contributed by atoms with van der Waals surface area (Å²) in [5.74, 6) is -1.93. The number of hydrogen-bond donors (Lipinski definition) is 1. The number of carbonyl (C=O) groups is 1. The molecule has 1 aromatic heterocycles. The molecule has 0 spiro atoms. The van der Waals surface area contributed by atoms with Crippen molar-refractivity contribution in [2.45, 2.75) is 18.1 Å². The summed E-state index contributed by atoms with van der Waals surface area (Å²) in [7, 11) is 0. The molecule has 0 atom stereocenters. The Morgan fingerprint density at radius 2 is 2.21 bits per heavy atom. The lowest BCUT2D eigenvalue weighted by atomic mass is 10.3. The number of aliphatic carboxylic acids is 1. The van der Waals surface area contributed by atoms with E-state index in [0.29, 0.717) is 5.52 Å². The van der Waals surface area contributed by atoms with Gasteiger partial charge in [0.1, 0.15) is 5.82 Å². The molecule has 0 amide bonds. The fourth-order valence-corrected chi connectivity index (χ4v) is 2.37. The number of thioether (sulfide) groups is 1. The van der Waals surface area contributed by atoms with Crippen molar-refractivity contribution < 1.29 is 23.1 Å². The molecule has 8 heteroatoms. The van der Waals surface area contributed by atoms with Gasteiger partial charge in [-0.25, -0.2) is 18.2 Å². The van der Waals surface area contributed by atoms with Crippen molar-refractivity contribution in [2.75, 3.05) is 5.75 Å². The van der Waals surface area contributed by atoms with Gasteiger partial charge in [-0.1, -0.05) is 11.8 Å². The van der Waals surface area contributed by atoms with E-state index >= 15 is 0 Å². The molecular formula is C11H9F3N2O2S. The van der Waals surface area contributed by atoms with E-state index in [9.17, 15) is 18.0 Å². The van der Waals surface area contributed by atoms with Crippen LogP contribution in [0.1, 0.15) is 0 Å². The summed E-state index contributed by atoms with van der Waals surface area (Å²) in [5.41, 5.74) is 0.586. The van der Waals surface area contributed by atoms with Crippen LogP contribution in [0.15, 0.2) is 23.4 Å². The maximum absolute atomic E-state index is 13.1. The smallest absolute Gasteiger partial charge is 0.313 e. The van der Waals surface area contributed by atoms with Crippen molar-refractivity contribution >= 4 is 28.8 Å². The number of imidazole rings is 1. The molecule has 0 bridgehead atoms. The average molecular weight is 290 g/mol. The molecule has 0 saturated heterocycles. The quantitative estimate of drug-likeness (QED) is 0.860. The molecule has 1 N–H and O–H groups in total. The van der Waals surface area contributed by atoms with Gasteiger partial charge in [-0.15, -0.1) is 0 Å². The van der Waals surface area contributed by atoms with E-state index in [0.717, 1.165) is 22.4 Å². The molecule has 1 aromatic carbocycles. The van der Waals surface area contributed by atoms with E-state index < -0.39 is 24.8 Å². The lowest BCUT2D eigenvalue weighted by Crippen LogP contribution is -2.09. The van der Waals surface area contributed by atoms with Gasteiger partial charge in [0.15, 0.2) is 5.16 Å². The van der Waals surface area contributed by atoms with E-state index in [1.807, 2.05) is 0 Å². The van der Waals surface area contributed by atoms with Crippen LogP contribution in [0.4, 0.5) is 13.2 Å². The van der Waals surface area contributed by atoms with Gasteiger partial charge >= 0.3 is 5.97 Å². The number of benzene rings is 1. The van der Waals surface area contributed by atoms with E-state index in [4.69, 9.17) is 5.11 Å². The van der Waals surface area contributed by atoms with Crippen LogP contribution in [-0.4, -0.2) is 32.8 Å². The first-order chi connectivity index (χ1) is 8.97. The van der Waals surface area contributed by atoms with Crippen molar-refractivity contribution in [2.24, 2.45) is 0 Å². The summed E-state index contributed by atoms with van der Waals surface area (Å²) < 4.78 is 39.4. The zero-order chi connectivity index (χ0) is 14.0. The Balaban J connectivity index is 2.45. The number of halogens is 3. The molecule has 0 aliphatic rings. The second-order valence-electron chi connectivity index (χ2n) is 3.71. The molecule has 0 aliphatic heterocycles. The van der Waals surface area contributed by atoms with Crippen molar-refractivity contribution in [1.29, 1.82) is 0 Å². The van der Waals surface area contributed by atoms with E-state index in [-0.39, 0.29) is 16.4 Å². The highest BCUT2D eigenvalue weighted by atomic mass is 32.2. The fraction of sp³-hybridized carbons (Fsp3) is 0.273. The number of rotatable bonds is 5. The van der Waals surface area contributed by atoms with E-state index in [1.165, 1.54) is 12.1 Å². The Kier molecular flexibility index (Phi) is 3.98. The van der Waals surface area contributed by atoms with Crippen molar-refractivity contribution in [1.82, 2.24) is 9.55 Å². The number of carboxylic acids is 1. The van der Waals surface area contributed by atoms with Crippen LogP contribution in [0.3, 0.4) is 0 Å². The van der Waals surface area contributed by atoms with Gasteiger partial charge in [0, 0.05) is 0 Å². The van der Waals surface area contributed by atoms with Crippen LogP contribution in [-0.2, 0) is 11.3 Å². The zero-order valence-electron chi connectivity index (χ0n) is 9.52. The van der Waals surface area contributed by atoms with Gasteiger partial charge in [0.2, 0.25) is 0 Å². The Morgan fingerprint density at radius 3 is 2.84 bits per heavy atom. The number of hydrogen-bond acceptors (Lipinski definition) is 3. The molecule has 0 fully saturated rings. The van der Waals surface area contributed by atoms with E-state index in [1.54, 1.807) is 0 Å². The minimum atomic E-state index is -2.63. The third-order valence-electron chi connectivity index (χ3n) is 2.32. The minimum absolute atomic E-state index is 0.142. The second kappa shape index (κ2) is 5.52. The molecule has 0 saturated carbocycles. The number of aromatic nitrogens is 2. The average Bonchev–Trinajstić information content (AvgIpc) is 2.64. The third kappa shape index (κ3) is 3.19. The first-order valence-electron chi connectivity index (χ1n) is 5.26. The maximum Gasteiger partial charge on any atom is 0.313 e. The predicted octanol–water partition coefficient (Wildman–Crippen LogP) is 2.62. The number of carboxylic acid groups (broad SMARTS) is 1. The van der Waals surface area contributed by atoms with Gasteiger partial charge in [-0.3, -0.25) is 4.79 Å². The summed E-state index contributed by atoms with van der Waals surface area (Å²) in [4.78, 5) is 14.6. The molecule has 19 heavy (non-hydrogen) atoms. The summed E-state index contributed by atoms with van der Waals surface area (Å²) in [6.07, 6.45) is -2.63. The lowest BCUT2D eigenvalue weighted by molar-refractivity contribution is -0.133. The van der Waals surface area contributed by atoms with Crippen LogP contribution in [0.5, 0.6) is 0 Å². The van der Waals surface area contributed by atoms with Crippen LogP contribution < -0.4 is 0 Å². The number of fused-ring (bicyclic) bond motifs is 1. The first kappa shape index (κ1) is 13.7. The Hall–Kier alpha value is -1.70. The molecule has 4 nitrogen and oxygen atoms in total. The van der Waals surface area contributed by atoms with Crippen LogP contribution in [0.25, 0.3) is 11.0 Å². The lowest BCUT2D eigenvalue weighted by Gasteiger charge is -2.07. The summed E-state index contributed by atoms with van der Waals surface area (Å²) >= 11 is 0.825. The molecule has 2 aromatic rings. The Morgan fingerprint density at radius 1 is 1.47 bits per heavy atom. The summed E-state index contributed by atoms with van der Waals surface area (Å²) in [6.45, 7) is -0.651. The van der Waals surface area contributed by atoms with E-state index in [2.05, 4.69) is 4.98 Å². The third-order valence-corrected chi connectivity index (χ3v) is 3.28. The van der Waals surface area contributed by atoms with Crippen molar-refractivity contribution in [3.63, 3.8) is 0 Å². The maximum atomic E-state index is 13.1. The first-order valence-corrected chi connectivity index (χ1v) is 6.24. The highest BCUT2D eigenvalue weighted by Gasteiger charge is 2.16. The molecule has 0 radical (unpaired) electrons. The number of alkyl halides is 2. The Bertz CT molecular complexity index is 615. The van der Waals surface area contributed by atoms with Crippen LogP contribution >= 0.6 is 11.8 Å². The zero-order valence-corrected chi connectivity index (χ0v) is 10.3. The van der Waals surface area contributed by atoms with Gasteiger partial charge in [0.05, 0.1) is 23.3 Å². The van der Waals surface area contributed by atoms with Gasteiger partial charge < -0.3 is 9.67 Å². The molecule has 2 rings (SSSR count). The largest absolute Gasteiger partial charge is 0.481 e. The highest BCUT2D eigenvalue weighted by molar-refractivity contribution is 7.99. The number of nitrogens with zero attached hydrogens (tertiary/aromatic N) is 2. The van der Waals surface area contributed by atoms with Crippen LogP contribution in [0, 0.1) is 5.82 Å². The highest BCUT2D eigenvalue weighted by Crippen LogP contribution is 2.25. The van der Waals surface area contributed by atoms with Gasteiger partial charge in [-0.05, 0) is 18.2 Å².